The lowest BCUT2D eigenvalue weighted by molar-refractivity contribution is 1.29. The van der Waals surface area contributed by atoms with E-state index < -0.39 is 0 Å². The molecule has 2 nitrogen and oxygen atoms in total. The van der Waals surface area contributed by atoms with E-state index >= 15 is 0 Å². The van der Waals surface area contributed by atoms with Crippen LogP contribution in [0.4, 0.5) is 0 Å². The molecule has 1 aliphatic carbocycles. The van der Waals surface area contributed by atoms with Crippen LogP contribution in [0.15, 0.2) is 12.2 Å². The molecule has 0 saturated carbocycles. The Morgan fingerprint density at radius 3 is 3.09 bits per heavy atom. The summed E-state index contributed by atoms with van der Waals surface area (Å²) in [5.74, 6) is 0. The van der Waals surface area contributed by atoms with Gasteiger partial charge in [0.15, 0.2) is 0 Å². The fourth-order valence-electron chi connectivity index (χ4n) is 1.07. The summed E-state index contributed by atoms with van der Waals surface area (Å²) in [6, 6.07) is 0. The minimum atomic E-state index is 0.450. The molecule has 0 atom stereocenters. The van der Waals surface area contributed by atoms with Gasteiger partial charge in [-0.3, -0.25) is 0 Å². The van der Waals surface area contributed by atoms with Crippen LogP contribution in [0.25, 0.3) is 12.2 Å². The van der Waals surface area contributed by atoms with Gasteiger partial charge in [-0.15, -0.1) is 0 Å². The van der Waals surface area contributed by atoms with Crippen LogP contribution in [0.2, 0.25) is 5.28 Å². The molecule has 0 amide bonds. The topological polar surface area (TPSA) is 28.7 Å². The van der Waals surface area contributed by atoms with Crippen molar-refractivity contribution in [2.75, 3.05) is 0 Å². The normalized spacial score (nSPS) is 14.6. The van der Waals surface area contributed by atoms with Gasteiger partial charge in [0.1, 0.15) is 0 Å². The molecule has 0 aliphatic heterocycles. The first-order chi connectivity index (χ1) is 5.36. The number of nitrogens with zero attached hydrogens (tertiary/aromatic N) is 1. The Hall–Kier alpha value is -1.02. The maximum Gasteiger partial charge on any atom is 0.201 e. The number of hydrogen-bond acceptors (Lipinski definition) is 1. The number of hydrogen-bond donors (Lipinski definition) is 1. The second-order valence-electron chi connectivity index (χ2n) is 2.37. The first kappa shape index (κ1) is 6.68. The van der Waals surface area contributed by atoms with E-state index in [1.54, 1.807) is 0 Å². The van der Waals surface area contributed by atoms with Gasteiger partial charge in [0.05, 0.1) is 11.4 Å². The number of aromatic nitrogens is 2. The molecule has 0 saturated heterocycles. The van der Waals surface area contributed by atoms with Gasteiger partial charge in [0.25, 0.3) is 0 Å². The van der Waals surface area contributed by atoms with Crippen molar-refractivity contribution in [2.45, 2.75) is 6.42 Å². The SMILES string of the molecule is Clc1nc2c([nH]1)C=CCC=C2. The molecule has 2 rings (SSSR count). The van der Waals surface area contributed by atoms with Crippen LogP contribution in [0, 0.1) is 0 Å². The second kappa shape index (κ2) is 2.55. The van der Waals surface area contributed by atoms with E-state index in [1.807, 2.05) is 12.2 Å². The smallest absolute Gasteiger partial charge is 0.201 e. The van der Waals surface area contributed by atoms with Crippen molar-refractivity contribution in [1.82, 2.24) is 9.97 Å². The lowest BCUT2D eigenvalue weighted by Crippen LogP contribution is -1.73. The number of rotatable bonds is 0. The van der Waals surface area contributed by atoms with E-state index in [1.165, 1.54) is 0 Å². The maximum absolute atomic E-state index is 5.67. The van der Waals surface area contributed by atoms with E-state index in [0.717, 1.165) is 17.8 Å². The molecule has 56 valence electrons. The molecule has 0 unspecified atom stereocenters. The number of nitrogens with one attached hydrogen (secondary N) is 1. The predicted molar refractivity (Wildman–Crippen MR) is 46.3 cm³/mol. The third-order valence-electron chi connectivity index (χ3n) is 1.56. The highest BCUT2D eigenvalue weighted by Crippen LogP contribution is 2.16. The van der Waals surface area contributed by atoms with Gasteiger partial charge in [0, 0.05) is 0 Å². The lowest BCUT2D eigenvalue weighted by Gasteiger charge is -1.83. The molecule has 1 aromatic rings. The molecule has 1 N–H and O–H groups in total. The highest BCUT2D eigenvalue weighted by atomic mass is 35.5. The molecular weight excluding hydrogens is 160 g/mol. The van der Waals surface area contributed by atoms with Gasteiger partial charge < -0.3 is 4.98 Å². The number of aromatic amines is 1. The maximum atomic E-state index is 5.67. The first-order valence-corrected chi connectivity index (χ1v) is 3.82. The number of fused-ring (bicyclic) bond motifs is 1. The average molecular weight is 167 g/mol. The van der Waals surface area contributed by atoms with Crippen LogP contribution in [-0.2, 0) is 0 Å². The molecule has 0 spiro atoms. The summed E-state index contributed by atoms with van der Waals surface area (Å²) in [6.07, 6.45) is 9.05. The molecule has 0 radical (unpaired) electrons. The standard InChI is InChI=1S/C8H7ClN2/c9-8-10-6-4-2-1-3-5-7(6)11-8/h2-5H,1H2,(H,10,11). The average Bonchev–Trinajstić information content (AvgIpc) is 2.17. The Balaban J connectivity index is 2.56. The minimum absolute atomic E-state index is 0.450. The summed E-state index contributed by atoms with van der Waals surface area (Å²) in [4.78, 5) is 7.04. The molecular formula is C8H7ClN2. The van der Waals surface area contributed by atoms with Crippen molar-refractivity contribution in [3.05, 3.63) is 28.8 Å². The van der Waals surface area contributed by atoms with Crippen LogP contribution in [-0.4, -0.2) is 9.97 Å². The monoisotopic (exact) mass is 166 g/mol. The molecule has 0 fully saturated rings. The Morgan fingerprint density at radius 1 is 1.36 bits per heavy atom. The summed E-state index contributed by atoms with van der Waals surface area (Å²) in [5.41, 5.74) is 1.91. The zero-order valence-corrected chi connectivity index (χ0v) is 6.60. The zero-order chi connectivity index (χ0) is 7.68. The van der Waals surface area contributed by atoms with Gasteiger partial charge in [-0.1, -0.05) is 12.2 Å². The molecule has 1 aromatic heterocycles. The third-order valence-corrected chi connectivity index (χ3v) is 1.74. The summed E-state index contributed by atoms with van der Waals surface area (Å²) in [5, 5.41) is 0.450. The Morgan fingerprint density at radius 2 is 2.18 bits per heavy atom. The van der Waals surface area contributed by atoms with Crippen molar-refractivity contribution in [2.24, 2.45) is 0 Å². The predicted octanol–water partition coefficient (Wildman–Crippen LogP) is 2.49. The van der Waals surface area contributed by atoms with E-state index in [2.05, 4.69) is 22.1 Å². The van der Waals surface area contributed by atoms with E-state index in [4.69, 9.17) is 11.6 Å². The summed E-state index contributed by atoms with van der Waals surface area (Å²) < 4.78 is 0. The van der Waals surface area contributed by atoms with Gasteiger partial charge >= 0.3 is 0 Å². The van der Waals surface area contributed by atoms with Crippen molar-refractivity contribution in [3.8, 4) is 0 Å². The molecule has 1 aliphatic rings. The van der Waals surface area contributed by atoms with Crippen LogP contribution in [0.5, 0.6) is 0 Å². The number of halogens is 1. The van der Waals surface area contributed by atoms with Crippen molar-refractivity contribution < 1.29 is 0 Å². The molecule has 11 heavy (non-hydrogen) atoms. The minimum Gasteiger partial charge on any atom is -0.329 e. The van der Waals surface area contributed by atoms with Gasteiger partial charge in [-0.25, -0.2) is 4.98 Å². The molecule has 0 aromatic carbocycles. The van der Waals surface area contributed by atoms with Crippen molar-refractivity contribution >= 4 is 23.8 Å². The van der Waals surface area contributed by atoms with Crippen LogP contribution >= 0.6 is 11.6 Å². The third kappa shape index (κ3) is 1.21. The van der Waals surface area contributed by atoms with Crippen LogP contribution in [0.3, 0.4) is 0 Å². The van der Waals surface area contributed by atoms with Gasteiger partial charge in [-0.05, 0) is 30.2 Å². The Labute approximate surface area is 69.6 Å². The Kier molecular flexibility index (Phi) is 1.55. The van der Waals surface area contributed by atoms with Crippen molar-refractivity contribution in [3.63, 3.8) is 0 Å². The Bertz CT molecular complexity index is 293. The largest absolute Gasteiger partial charge is 0.329 e. The van der Waals surface area contributed by atoms with Gasteiger partial charge in [-0.2, -0.15) is 0 Å². The summed E-state index contributed by atoms with van der Waals surface area (Å²) >= 11 is 5.67. The van der Waals surface area contributed by atoms with Crippen LogP contribution in [0.1, 0.15) is 17.8 Å². The molecule has 0 bridgehead atoms. The molecule has 3 heteroatoms. The number of imidazole rings is 1. The molecule has 1 heterocycles. The highest BCUT2D eigenvalue weighted by molar-refractivity contribution is 6.28. The first-order valence-electron chi connectivity index (χ1n) is 3.45. The quantitative estimate of drug-likeness (QED) is 0.630. The highest BCUT2D eigenvalue weighted by Gasteiger charge is 2.03. The van der Waals surface area contributed by atoms with Gasteiger partial charge in [0.2, 0.25) is 5.28 Å². The van der Waals surface area contributed by atoms with E-state index in [0.29, 0.717) is 5.28 Å². The van der Waals surface area contributed by atoms with E-state index in [9.17, 15) is 0 Å². The second-order valence-corrected chi connectivity index (χ2v) is 2.72. The summed E-state index contributed by atoms with van der Waals surface area (Å²) in [7, 11) is 0. The zero-order valence-electron chi connectivity index (χ0n) is 5.84. The fraction of sp³-hybridized carbons (Fsp3) is 0.125. The fourth-order valence-corrected chi connectivity index (χ4v) is 1.26. The lowest BCUT2D eigenvalue weighted by atomic mass is 10.3. The summed E-state index contributed by atoms with van der Waals surface area (Å²) in [6.45, 7) is 0. The number of H-pyrrole nitrogens is 1. The van der Waals surface area contributed by atoms with Crippen molar-refractivity contribution in [1.29, 1.82) is 0 Å². The van der Waals surface area contributed by atoms with Crippen LogP contribution < -0.4 is 0 Å². The number of allylic oxidation sites excluding steroid dienone is 2. The van der Waals surface area contributed by atoms with E-state index in [-0.39, 0.29) is 0 Å².